The van der Waals surface area contributed by atoms with E-state index < -0.39 is 41.8 Å². The molecule has 0 aromatic heterocycles. The predicted octanol–water partition coefficient (Wildman–Crippen LogP) is 1.30. The Morgan fingerprint density at radius 2 is 1.64 bits per heavy atom. The maximum Gasteiger partial charge on any atom is 0.315 e. The van der Waals surface area contributed by atoms with Crippen molar-refractivity contribution in [1.29, 1.82) is 0 Å². The average Bonchev–Trinajstić information content (AvgIpc) is 3.24. The standard InChI is InChI=1S/C29H41N5O5/c1-6-9-20(24(35)25(30)36)32-26(37)23-21-19(29(21,4)5)14-34(23)27(38)22(33-28(39)31-15(2)3)18-12-16-10-7-8-11-17(16)13-18/h7-8,10-11,15,18-23H,6,9,12-14H2,1-5H3,(H2,30,36)(H,32,37)(H2,31,33,39)/t19?,20?,21?,22-,23?/m0/s1. The molecule has 1 aromatic rings. The van der Waals surface area contributed by atoms with E-state index in [9.17, 15) is 24.0 Å². The summed E-state index contributed by atoms with van der Waals surface area (Å²) in [7, 11) is 0. The van der Waals surface area contributed by atoms with Crippen molar-refractivity contribution in [2.24, 2.45) is 28.9 Å². The van der Waals surface area contributed by atoms with Crippen LogP contribution in [-0.2, 0) is 32.0 Å². The number of carbonyl (C=O) groups excluding carboxylic acids is 5. The first kappa shape index (κ1) is 28.6. The summed E-state index contributed by atoms with van der Waals surface area (Å²) in [6.45, 7) is 10.1. The summed E-state index contributed by atoms with van der Waals surface area (Å²) >= 11 is 0. The van der Waals surface area contributed by atoms with Gasteiger partial charge in [0.2, 0.25) is 17.6 Å². The first-order valence-corrected chi connectivity index (χ1v) is 13.9. The smallest absolute Gasteiger partial charge is 0.315 e. The molecule has 0 bridgehead atoms. The lowest BCUT2D eigenvalue weighted by Gasteiger charge is -2.35. The molecule has 1 heterocycles. The Bertz CT molecular complexity index is 1140. The van der Waals surface area contributed by atoms with Gasteiger partial charge in [-0.25, -0.2) is 4.79 Å². The van der Waals surface area contributed by atoms with Gasteiger partial charge in [0.25, 0.3) is 5.91 Å². The number of Topliss-reactive ketones (excluding diaryl/α,β-unsaturated/α-hetero) is 1. The first-order valence-electron chi connectivity index (χ1n) is 13.9. The average molecular weight is 540 g/mol. The highest BCUT2D eigenvalue weighted by Crippen LogP contribution is 2.65. The topological polar surface area (TPSA) is 151 Å². The van der Waals surface area contributed by atoms with Crippen molar-refractivity contribution in [2.45, 2.75) is 84.5 Å². The predicted molar refractivity (Wildman–Crippen MR) is 145 cm³/mol. The van der Waals surface area contributed by atoms with Crippen LogP contribution in [0.4, 0.5) is 4.79 Å². The molecule has 5 N–H and O–H groups in total. The van der Waals surface area contributed by atoms with E-state index in [1.807, 2.05) is 45.0 Å². The molecule has 10 heteroatoms. The van der Waals surface area contributed by atoms with Crippen LogP contribution in [0, 0.1) is 23.2 Å². The van der Waals surface area contributed by atoms with E-state index in [1.165, 1.54) is 0 Å². The fraction of sp³-hybridized carbons (Fsp3) is 0.621. The third-order valence-corrected chi connectivity index (χ3v) is 8.74. The van der Waals surface area contributed by atoms with Crippen molar-refractivity contribution in [3.8, 4) is 0 Å². The molecule has 4 rings (SSSR count). The van der Waals surface area contributed by atoms with E-state index in [4.69, 9.17) is 5.73 Å². The zero-order valence-electron chi connectivity index (χ0n) is 23.5. The second-order valence-corrected chi connectivity index (χ2v) is 12.2. The number of likely N-dealkylation sites (tertiary alicyclic amines) is 1. The minimum absolute atomic E-state index is 0.0849. The molecule has 4 unspecified atom stereocenters. The number of nitrogens with one attached hydrogen (secondary N) is 3. The number of urea groups is 1. The molecule has 2 fully saturated rings. The van der Waals surface area contributed by atoms with Gasteiger partial charge >= 0.3 is 6.03 Å². The molecule has 212 valence electrons. The number of hydrogen-bond donors (Lipinski definition) is 4. The molecule has 0 radical (unpaired) electrons. The van der Waals surface area contributed by atoms with Gasteiger partial charge in [-0.05, 0) is 67.4 Å². The van der Waals surface area contributed by atoms with Crippen molar-refractivity contribution in [2.75, 3.05) is 6.54 Å². The summed E-state index contributed by atoms with van der Waals surface area (Å²) in [5.41, 5.74) is 7.38. The van der Waals surface area contributed by atoms with Gasteiger partial charge in [-0.3, -0.25) is 19.2 Å². The van der Waals surface area contributed by atoms with Crippen LogP contribution < -0.4 is 21.7 Å². The van der Waals surface area contributed by atoms with E-state index >= 15 is 0 Å². The summed E-state index contributed by atoms with van der Waals surface area (Å²) in [6, 6.07) is 4.80. The van der Waals surface area contributed by atoms with Crippen LogP contribution in [0.2, 0.25) is 0 Å². The molecule has 1 saturated carbocycles. The normalized spacial score (nSPS) is 24.4. The number of nitrogens with two attached hydrogens (primary N) is 1. The Kier molecular flexibility index (Phi) is 8.04. The van der Waals surface area contributed by atoms with Crippen molar-refractivity contribution >= 4 is 29.5 Å². The number of nitrogens with zero attached hydrogens (tertiary/aromatic N) is 1. The van der Waals surface area contributed by atoms with Crippen LogP contribution in [-0.4, -0.2) is 65.1 Å². The number of benzene rings is 1. The van der Waals surface area contributed by atoms with Gasteiger partial charge in [-0.15, -0.1) is 0 Å². The number of hydrogen-bond acceptors (Lipinski definition) is 5. The van der Waals surface area contributed by atoms with Gasteiger partial charge in [-0.2, -0.15) is 0 Å². The highest BCUT2D eigenvalue weighted by atomic mass is 16.2. The van der Waals surface area contributed by atoms with Crippen LogP contribution in [0.3, 0.4) is 0 Å². The second kappa shape index (κ2) is 11.0. The van der Waals surface area contributed by atoms with E-state index in [0.29, 0.717) is 25.8 Å². The molecule has 1 aliphatic heterocycles. The third kappa shape index (κ3) is 5.65. The quantitative estimate of drug-likeness (QED) is 0.331. The highest BCUT2D eigenvalue weighted by molar-refractivity contribution is 6.37. The minimum atomic E-state index is -1.10. The fourth-order valence-electron chi connectivity index (χ4n) is 6.63. The van der Waals surface area contributed by atoms with Crippen LogP contribution in [0.1, 0.15) is 58.6 Å². The maximum absolute atomic E-state index is 14.2. The SMILES string of the molecule is CCCC(NC(=O)C1C2C(CN1C(=O)[C@@H](NC(=O)NC(C)C)C1Cc3ccccc3C1)C2(C)C)C(=O)C(N)=O. The molecule has 10 nitrogen and oxygen atoms in total. The zero-order valence-corrected chi connectivity index (χ0v) is 23.5. The van der Waals surface area contributed by atoms with E-state index in [1.54, 1.807) is 4.90 Å². The number of ketones is 1. The van der Waals surface area contributed by atoms with Gasteiger partial charge < -0.3 is 26.6 Å². The van der Waals surface area contributed by atoms with Gasteiger partial charge in [-0.1, -0.05) is 51.5 Å². The van der Waals surface area contributed by atoms with Crippen LogP contribution in [0.5, 0.6) is 0 Å². The number of primary amides is 1. The molecule has 5 amide bonds. The van der Waals surface area contributed by atoms with Gasteiger partial charge in [0.15, 0.2) is 0 Å². The van der Waals surface area contributed by atoms with Crippen molar-refractivity contribution in [3.63, 3.8) is 0 Å². The minimum Gasteiger partial charge on any atom is -0.363 e. The fourth-order valence-corrected chi connectivity index (χ4v) is 6.63. The van der Waals surface area contributed by atoms with E-state index in [-0.39, 0.29) is 41.5 Å². The van der Waals surface area contributed by atoms with Crippen LogP contribution >= 0.6 is 0 Å². The number of rotatable bonds is 10. The first-order chi connectivity index (χ1) is 18.4. The number of carbonyl (C=O) groups is 5. The molecular weight excluding hydrogens is 498 g/mol. The maximum atomic E-state index is 14.2. The monoisotopic (exact) mass is 539 g/mol. The summed E-state index contributed by atoms with van der Waals surface area (Å²) in [4.78, 5) is 66.3. The van der Waals surface area contributed by atoms with Gasteiger partial charge in [0.1, 0.15) is 12.1 Å². The van der Waals surface area contributed by atoms with Crippen LogP contribution in [0.15, 0.2) is 24.3 Å². The lowest BCUT2D eigenvalue weighted by Crippen LogP contribution is -2.60. The Balaban J connectivity index is 1.60. The van der Waals surface area contributed by atoms with Crippen LogP contribution in [0.25, 0.3) is 0 Å². The summed E-state index contributed by atoms with van der Waals surface area (Å²) in [5.74, 6) is -2.83. The summed E-state index contributed by atoms with van der Waals surface area (Å²) < 4.78 is 0. The molecule has 39 heavy (non-hydrogen) atoms. The zero-order chi connectivity index (χ0) is 28.6. The summed E-state index contributed by atoms with van der Waals surface area (Å²) in [5, 5.41) is 8.45. The third-order valence-electron chi connectivity index (χ3n) is 8.74. The van der Waals surface area contributed by atoms with Gasteiger partial charge in [0.05, 0.1) is 6.04 Å². The molecular formula is C29H41N5O5. The van der Waals surface area contributed by atoms with E-state index in [2.05, 4.69) is 29.8 Å². The Morgan fingerprint density at radius 1 is 1.03 bits per heavy atom. The molecule has 1 saturated heterocycles. The molecule has 0 spiro atoms. The van der Waals surface area contributed by atoms with Crippen molar-refractivity contribution in [3.05, 3.63) is 35.4 Å². The highest BCUT2D eigenvalue weighted by Gasteiger charge is 2.69. The second-order valence-electron chi connectivity index (χ2n) is 12.2. The number of fused-ring (bicyclic) bond motifs is 2. The molecule has 3 aliphatic rings. The molecule has 1 aromatic carbocycles. The largest absolute Gasteiger partial charge is 0.363 e. The number of amides is 5. The van der Waals surface area contributed by atoms with Crippen molar-refractivity contribution < 1.29 is 24.0 Å². The van der Waals surface area contributed by atoms with Gasteiger partial charge in [0, 0.05) is 12.6 Å². The summed E-state index contributed by atoms with van der Waals surface area (Å²) in [6.07, 6.45) is 2.12. The lowest BCUT2D eigenvalue weighted by atomic mass is 9.93. The molecule has 5 atom stereocenters. The van der Waals surface area contributed by atoms with E-state index in [0.717, 1.165) is 11.1 Å². The Labute approximate surface area is 229 Å². The Morgan fingerprint density at radius 3 is 2.18 bits per heavy atom. The molecule has 2 aliphatic carbocycles. The number of piperidine rings is 1. The van der Waals surface area contributed by atoms with Crippen molar-refractivity contribution in [1.82, 2.24) is 20.9 Å². The lowest BCUT2D eigenvalue weighted by molar-refractivity contribution is -0.144. The Hall–Kier alpha value is -3.43.